The van der Waals surface area contributed by atoms with Crippen LogP contribution >= 0.6 is 38.5 Å². The van der Waals surface area contributed by atoms with Crippen LogP contribution < -0.4 is 10.6 Å². The van der Waals surface area contributed by atoms with Gasteiger partial charge >= 0.3 is 12.0 Å². The second-order valence-corrected chi connectivity index (χ2v) is 5.37. The summed E-state index contributed by atoms with van der Waals surface area (Å²) in [7, 11) is 0. The SMILES string of the molecule is O=C(Nc1cc(Br)ccc1I)NC(CO)C(=O)O. The fourth-order valence-corrected chi connectivity index (χ4v) is 1.93. The first-order valence-corrected chi connectivity index (χ1v) is 6.67. The zero-order valence-electron chi connectivity index (χ0n) is 8.98. The molecule has 1 rings (SSSR count). The number of aliphatic hydroxyl groups is 1. The number of rotatable bonds is 4. The second-order valence-electron chi connectivity index (χ2n) is 3.30. The fraction of sp³-hybridized carbons (Fsp3) is 0.200. The molecule has 0 aromatic heterocycles. The number of benzene rings is 1. The van der Waals surface area contributed by atoms with E-state index in [1.54, 1.807) is 12.1 Å². The number of halogens is 2. The third-order valence-corrected chi connectivity index (χ3v) is 3.40. The smallest absolute Gasteiger partial charge is 0.328 e. The van der Waals surface area contributed by atoms with E-state index in [1.807, 2.05) is 28.7 Å². The Balaban J connectivity index is 2.70. The van der Waals surface area contributed by atoms with Gasteiger partial charge in [0, 0.05) is 8.04 Å². The summed E-state index contributed by atoms with van der Waals surface area (Å²) in [4.78, 5) is 22.2. The number of urea groups is 1. The van der Waals surface area contributed by atoms with Crippen molar-refractivity contribution in [1.29, 1.82) is 0 Å². The van der Waals surface area contributed by atoms with E-state index in [0.29, 0.717) is 5.69 Å². The van der Waals surface area contributed by atoms with Crippen molar-refractivity contribution < 1.29 is 19.8 Å². The first-order chi connectivity index (χ1) is 8.43. The maximum absolute atomic E-state index is 11.5. The molecule has 4 N–H and O–H groups in total. The first kappa shape index (κ1) is 15.2. The molecule has 1 unspecified atom stereocenters. The Labute approximate surface area is 125 Å². The van der Waals surface area contributed by atoms with E-state index in [2.05, 4.69) is 26.6 Å². The van der Waals surface area contributed by atoms with Gasteiger partial charge in [0.1, 0.15) is 0 Å². The molecule has 6 nitrogen and oxygen atoms in total. The predicted octanol–water partition coefficient (Wildman–Crippen LogP) is 1.62. The molecular formula is C10H10BrIN2O4. The minimum absolute atomic E-state index is 0.546. The fourth-order valence-electron chi connectivity index (χ4n) is 1.10. The largest absolute Gasteiger partial charge is 0.480 e. The van der Waals surface area contributed by atoms with Crippen LogP contribution in [0.5, 0.6) is 0 Å². The van der Waals surface area contributed by atoms with Crippen LogP contribution in [0.4, 0.5) is 10.5 Å². The Hall–Kier alpha value is -0.870. The molecule has 0 aliphatic rings. The number of nitrogens with one attached hydrogen (secondary N) is 2. The van der Waals surface area contributed by atoms with Crippen molar-refractivity contribution in [3.8, 4) is 0 Å². The topological polar surface area (TPSA) is 98.7 Å². The van der Waals surface area contributed by atoms with Crippen LogP contribution in [0.3, 0.4) is 0 Å². The Kier molecular flexibility index (Phi) is 5.82. The average Bonchev–Trinajstić information content (AvgIpc) is 2.30. The van der Waals surface area contributed by atoms with Crippen LogP contribution in [-0.2, 0) is 4.79 Å². The molecule has 2 amide bonds. The lowest BCUT2D eigenvalue weighted by molar-refractivity contribution is -0.140. The highest BCUT2D eigenvalue weighted by Crippen LogP contribution is 2.22. The molecule has 0 spiro atoms. The predicted molar refractivity (Wildman–Crippen MR) is 77.5 cm³/mol. The molecule has 8 heteroatoms. The highest BCUT2D eigenvalue weighted by Gasteiger charge is 2.18. The number of aliphatic hydroxyl groups excluding tert-OH is 1. The van der Waals surface area contributed by atoms with Gasteiger partial charge in [0.25, 0.3) is 0 Å². The molecule has 0 heterocycles. The third kappa shape index (κ3) is 4.42. The summed E-state index contributed by atoms with van der Waals surface area (Å²) in [6, 6.07) is 3.29. The number of carboxylic acid groups (broad SMARTS) is 1. The Morgan fingerprint density at radius 3 is 2.67 bits per heavy atom. The molecule has 1 aromatic carbocycles. The number of anilines is 1. The molecule has 0 aliphatic carbocycles. The Bertz CT molecular complexity index is 469. The van der Waals surface area contributed by atoms with Gasteiger partial charge < -0.3 is 20.8 Å². The third-order valence-electron chi connectivity index (χ3n) is 1.96. The molecule has 0 aliphatic heterocycles. The summed E-state index contributed by atoms with van der Waals surface area (Å²) in [5.74, 6) is -1.29. The highest BCUT2D eigenvalue weighted by atomic mass is 127. The van der Waals surface area contributed by atoms with Crippen molar-refractivity contribution in [2.24, 2.45) is 0 Å². The van der Waals surface area contributed by atoms with Gasteiger partial charge in [-0.25, -0.2) is 9.59 Å². The molecule has 1 atom stereocenters. The van der Waals surface area contributed by atoms with E-state index in [1.165, 1.54) is 0 Å². The zero-order valence-corrected chi connectivity index (χ0v) is 12.7. The van der Waals surface area contributed by atoms with E-state index >= 15 is 0 Å². The van der Waals surface area contributed by atoms with Crippen LogP contribution in [-0.4, -0.2) is 34.9 Å². The number of carbonyl (C=O) groups excluding carboxylic acids is 1. The van der Waals surface area contributed by atoms with Crippen LogP contribution in [0, 0.1) is 3.57 Å². The maximum Gasteiger partial charge on any atom is 0.328 e. The first-order valence-electron chi connectivity index (χ1n) is 4.80. The van der Waals surface area contributed by atoms with Gasteiger partial charge in [-0.2, -0.15) is 0 Å². The van der Waals surface area contributed by atoms with Crippen molar-refractivity contribution >= 4 is 56.2 Å². The molecule has 0 bridgehead atoms. The number of hydrogen-bond donors (Lipinski definition) is 4. The minimum atomic E-state index is -1.32. The van der Waals surface area contributed by atoms with Crippen molar-refractivity contribution in [2.45, 2.75) is 6.04 Å². The van der Waals surface area contributed by atoms with Gasteiger partial charge in [-0.1, -0.05) is 15.9 Å². The minimum Gasteiger partial charge on any atom is -0.480 e. The van der Waals surface area contributed by atoms with Crippen LogP contribution in [0.1, 0.15) is 0 Å². The van der Waals surface area contributed by atoms with Crippen LogP contribution in [0.15, 0.2) is 22.7 Å². The normalized spacial score (nSPS) is 11.7. The lowest BCUT2D eigenvalue weighted by atomic mass is 10.3. The average molecular weight is 429 g/mol. The molecule has 18 heavy (non-hydrogen) atoms. The summed E-state index contributed by atoms with van der Waals surface area (Å²) in [5, 5.41) is 22.1. The van der Waals surface area contributed by atoms with E-state index in [0.717, 1.165) is 8.04 Å². The van der Waals surface area contributed by atoms with Gasteiger partial charge in [-0.3, -0.25) is 0 Å². The molecule has 98 valence electrons. The number of aliphatic carboxylic acids is 1. The Morgan fingerprint density at radius 2 is 2.11 bits per heavy atom. The van der Waals surface area contributed by atoms with Crippen molar-refractivity contribution in [1.82, 2.24) is 5.32 Å². The van der Waals surface area contributed by atoms with Gasteiger partial charge in [0.2, 0.25) is 0 Å². The molecule has 0 saturated carbocycles. The monoisotopic (exact) mass is 428 g/mol. The van der Waals surface area contributed by atoms with Crippen molar-refractivity contribution in [2.75, 3.05) is 11.9 Å². The van der Waals surface area contributed by atoms with Gasteiger partial charge in [0.05, 0.1) is 12.3 Å². The quantitative estimate of drug-likeness (QED) is 0.547. The Morgan fingerprint density at radius 1 is 1.44 bits per heavy atom. The summed E-state index contributed by atoms with van der Waals surface area (Å²) in [6.45, 7) is -0.668. The summed E-state index contributed by atoms with van der Waals surface area (Å²) >= 11 is 5.30. The van der Waals surface area contributed by atoms with Crippen LogP contribution in [0.25, 0.3) is 0 Å². The summed E-state index contributed by atoms with van der Waals surface area (Å²) in [6.07, 6.45) is 0. The molecular weight excluding hydrogens is 419 g/mol. The van der Waals surface area contributed by atoms with E-state index < -0.39 is 24.6 Å². The molecule has 1 aromatic rings. The van der Waals surface area contributed by atoms with Crippen molar-refractivity contribution in [3.63, 3.8) is 0 Å². The number of hydrogen-bond acceptors (Lipinski definition) is 3. The van der Waals surface area contributed by atoms with E-state index in [4.69, 9.17) is 10.2 Å². The summed E-state index contributed by atoms with van der Waals surface area (Å²) < 4.78 is 1.59. The number of amides is 2. The highest BCUT2D eigenvalue weighted by molar-refractivity contribution is 14.1. The zero-order chi connectivity index (χ0) is 13.7. The van der Waals surface area contributed by atoms with E-state index in [9.17, 15) is 9.59 Å². The summed E-state index contributed by atoms with van der Waals surface area (Å²) in [5.41, 5.74) is 0.546. The standard InChI is InChI=1S/C10H10BrIN2O4/c11-5-1-2-6(12)7(3-5)13-10(18)14-8(4-15)9(16)17/h1-3,8,15H,4H2,(H,16,17)(H2,13,14,18). The van der Waals surface area contributed by atoms with Crippen LogP contribution in [0.2, 0.25) is 0 Å². The lowest BCUT2D eigenvalue weighted by Gasteiger charge is -2.13. The van der Waals surface area contributed by atoms with Crippen molar-refractivity contribution in [3.05, 3.63) is 26.2 Å². The molecule has 0 saturated heterocycles. The van der Waals surface area contributed by atoms with E-state index in [-0.39, 0.29) is 0 Å². The number of carbonyl (C=O) groups is 2. The van der Waals surface area contributed by atoms with Gasteiger partial charge in [-0.05, 0) is 40.8 Å². The molecule has 0 radical (unpaired) electrons. The van der Waals surface area contributed by atoms with Gasteiger partial charge in [-0.15, -0.1) is 0 Å². The maximum atomic E-state index is 11.5. The molecule has 0 fully saturated rings. The number of carboxylic acids is 1. The van der Waals surface area contributed by atoms with Gasteiger partial charge in [0.15, 0.2) is 6.04 Å². The second kappa shape index (κ2) is 6.90. The lowest BCUT2D eigenvalue weighted by Crippen LogP contribution is -2.45.